The van der Waals surface area contributed by atoms with Crippen LogP contribution in [-0.4, -0.2) is 40.7 Å². The van der Waals surface area contributed by atoms with E-state index in [1.807, 2.05) is 62.9 Å². The monoisotopic (exact) mass is 346 g/mol. The quantitative estimate of drug-likeness (QED) is 0.823. The first-order valence-electron chi connectivity index (χ1n) is 8.26. The van der Waals surface area contributed by atoms with Crippen molar-refractivity contribution in [1.82, 2.24) is 9.47 Å². The van der Waals surface area contributed by atoms with E-state index >= 15 is 0 Å². The van der Waals surface area contributed by atoms with Crippen LogP contribution in [0.2, 0.25) is 5.02 Å². The predicted molar refractivity (Wildman–Crippen MR) is 96.2 cm³/mol. The van der Waals surface area contributed by atoms with Gasteiger partial charge in [-0.1, -0.05) is 11.6 Å². The van der Waals surface area contributed by atoms with Crippen LogP contribution in [0.4, 0.5) is 0 Å². The summed E-state index contributed by atoms with van der Waals surface area (Å²) in [5.74, 6) is 0.0750. The van der Waals surface area contributed by atoms with Gasteiger partial charge in [0, 0.05) is 28.6 Å². The van der Waals surface area contributed by atoms with Gasteiger partial charge >= 0.3 is 0 Å². The number of aryl methyl sites for hydroxylation is 1. The van der Waals surface area contributed by atoms with Gasteiger partial charge in [-0.05, 0) is 58.0 Å². The van der Waals surface area contributed by atoms with E-state index < -0.39 is 0 Å². The lowest BCUT2D eigenvalue weighted by Gasteiger charge is -2.36. The molecule has 5 heteroatoms. The molecule has 2 aromatic rings. The molecule has 0 radical (unpaired) electrons. The highest BCUT2D eigenvalue weighted by Gasteiger charge is 2.30. The van der Waals surface area contributed by atoms with Crippen LogP contribution in [0.15, 0.2) is 30.3 Å². The summed E-state index contributed by atoms with van der Waals surface area (Å²) < 4.78 is 7.73. The summed E-state index contributed by atoms with van der Waals surface area (Å²) in [7, 11) is 0. The Bertz CT molecular complexity index is 751. The number of carbonyl (C=O) groups is 1. The number of carbonyl (C=O) groups excluding carboxylic acids is 1. The highest BCUT2D eigenvalue weighted by atomic mass is 35.5. The summed E-state index contributed by atoms with van der Waals surface area (Å²) in [5, 5.41) is 0.702. The van der Waals surface area contributed by atoms with Gasteiger partial charge in [0.25, 0.3) is 5.91 Å². The van der Waals surface area contributed by atoms with Crippen LogP contribution in [0.25, 0.3) is 5.69 Å². The Labute approximate surface area is 148 Å². The molecule has 1 fully saturated rings. The van der Waals surface area contributed by atoms with Crippen molar-refractivity contribution in [2.45, 2.75) is 39.8 Å². The maximum absolute atomic E-state index is 13.1. The molecule has 3 rings (SSSR count). The molecule has 0 aliphatic carbocycles. The van der Waals surface area contributed by atoms with Gasteiger partial charge in [0.2, 0.25) is 0 Å². The normalized spacial score (nSPS) is 21.1. The Balaban J connectivity index is 1.96. The van der Waals surface area contributed by atoms with Crippen LogP contribution >= 0.6 is 11.6 Å². The van der Waals surface area contributed by atoms with Crippen molar-refractivity contribution in [3.05, 3.63) is 52.3 Å². The van der Waals surface area contributed by atoms with Crippen LogP contribution in [-0.2, 0) is 4.74 Å². The van der Waals surface area contributed by atoms with Gasteiger partial charge < -0.3 is 14.2 Å². The van der Waals surface area contributed by atoms with E-state index in [4.69, 9.17) is 16.3 Å². The van der Waals surface area contributed by atoms with Gasteiger partial charge in [0.1, 0.15) is 0 Å². The fourth-order valence-electron chi connectivity index (χ4n) is 3.31. The van der Waals surface area contributed by atoms with Gasteiger partial charge in [-0.25, -0.2) is 0 Å². The zero-order valence-corrected chi connectivity index (χ0v) is 15.3. The SMILES string of the molecule is Cc1cc(C(=O)N2CC(C)OCC2C)c(C)n1-c1ccc(Cl)cc1. The fourth-order valence-corrected chi connectivity index (χ4v) is 3.43. The number of hydrogen-bond acceptors (Lipinski definition) is 2. The standard InChI is InChI=1S/C19H23ClN2O2/c1-12-9-18(19(23)21-10-14(3)24-11-13(21)2)15(4)22(12)17-7-5-16(20)6-8-17/h5-9,13-14H,10-11H2,1-4H3. The molecule has 0 spiro atoms. The lowest BCUT2D eigenvalue weighted by Crippen LogP contribution is -2.50. The summed E-state index contributed by atoms with van der Waals surface area (Å²) in [6.45, 7) is 9.26. The van der Waals surface area contributed by atoms with E-state index in [9.17, 15) is 4.79 Å². The van der Waals surface area contributed by atoms with E-state index in [0.717, 1.165) is 22.6 Å². The molecule has 128 valence electrons. The van der Waals surface area contributed by atoms with E-state index in [0.29, 0.717) is 18.2 Å². The minimum absolute atomic E-state index is 0.0740. The van der Waals surface area contributed by atoms with Gasteiger partial charge in [-0.3, -0.25) is 4.79 Å². The molecule has 1 aromatic heterocycles. The minimum atomic E-state index is 0.0740. The Morgan fingerprint density at radius 1 is 1.21 bits per heavy atom. The average molecular weight is 347 g/mol. The van der Waals surface area contributed by atoms with E-state index in [1.54, 1.807) is 0 Å². The maximum Gasteiger partial charge on any atom is 0.256 e. The molecular formula is C19H23ClN2O2. The van der Waals surface area contributed by atoms with Gasteiger partial charge in [-0.2, -0.15) is 0 Å². The highest BCUT2D eigenvalue weighted by Crippen LogP contribution is 2.25. The number of rotatable bonds is 2. The molecule has 1 aliphatic heterocycles. The average Bonchev–Trinajstić information content (AvgIpc) is 2.85. The van der Waals surface area contributed by atoms with Gasteiger partial charge in [0.05, 0.1) is 24.3 Å². The first-order chi connectivity index (χ1) is 11.4. The molecule has 1 aromatic carbocycles. The lowest BCUT2D eigenvalue weighted by atomic mass is 10.1. The lowest BCUT2D eigenvalue weighted by molar-refractivity contribution is -0.0387. The summed E-state index contributed by atoms with van der Waals surface area (Å²) in [5.41, 5.74) is 3.75. The van der Waals surface area contributed by atoms with E-state index in [2.05, 4.69) is 4.57 Å². The first kappa shape index (κ1) is 17.1. The Morgan fingerprint density at radius 2 is 1.88 bits per heavy atom. The van der Waals surface area contributed by atoms with Gasteiger partial charge in [-0.15, -0.1) is 0 Å². The third-order valence-electron chi connectivity index (χ3n) is 4.62. The first-order valence-corrected chi connectivity index (χ1v) is 8.63. The molecule has 4 nitrogen and oxygen atoms in total. The van der Waals surface area contributed by atoms with Crippen molar-refractivity contribution in [2.75, 3.05) is 13.2 Å². The molecule has 1 amide bonds. The second-order valence-electron chi connectivity index (χ2n) is 6.55. The molecule has 24 heavy (non-hydrogen) atoms. The van der Waals surface area contributed by atoms with E-state index in [-0.39, 0.29) is 18.1 Å². The molecule has 0 N–H and O–H groups in total. The minimum Gasteiger partial charge on any atom is -0.375 e. The summed E-state index contributed by atoms with van der Waals surface area (Å²) >= 11 is 5.98. The molecule has 0 saturated carbocycles. The summed E-state index contributed by atoms with van der Waals surface area (Å²) in [4.78, 5) is 15.0. The number of morpholine rings is 1. The van der Waals surface area contributed by atoms with Crippen molar-refractivity contribution in [2.24, 2.45) is 0 Å². The number of halogens is 1. The maximum atomic E-state index is 13.1. The van der Waals surface area contributed by atoms with Crippen LogP contribution in [0.5, 0.6) is 0 Å². The second-order valence-corrected chi connectivity index (χ2v) is 6.98. The molecule has 2 atom stereocenters. The Morgan fingerprint density at radius 3 is 2.54 bits per heavy atom. The third-order valence-corrected chi connectivity index (χ3v) is 4.87. The van der Waals surface area contributed by atoms with Crippen molar-refractivity contribution >= 4 is 17.5 Å². The van der Waals surface area contributed by atoms with E-state index in [1.165, 1.54) is 0 Å². The highest BCUT2D eigenvalue weighted by molar-refractivity contribution is 6.30. The molecule has 1 saturated heterocycles. The molecule has 2 heterocycles. The number of benzene rings is 1. The van der Waals surface area contributed by atoms with Gasteiger partial charge in [0.15, 0.2) is 0 Å². The van der Waals surface area contributed by atoms with Crippen molar-refractivity contribution in [3.8, 4) is 5.69 Å². The molecule has 0 bridgehead atoms. The number of aromatic nitrogens is 1. The van der Waals surface area contributed by atoms with Crippen molar-refractivity contribution in [3.63, 3.8) is 0 Å². The summed E-state index contributed by atoms with van der Waals surface area (Å²) in [6, 6.07) is 9.73. The smallest absolute Gasteiger partial charge is 0.256 e. The van der Waals surface area contributed by atoms with Crippen molar-refractivity contribution in [1.29, 1.82) is 0 Å². The summed E-state index contributed by atoms with van der Waals surface area (Å²) in [6.07, 6.45) is 0.0740. The number of hydrogen-bond donors (Lipinski definition) is 0. The predicted octanol–water partition coefficient (Wildman–Crippen LogP) is 4.00. The largest absolute Gasteiger partial charge is 0.375 e. The van der Waals surface area contributed by atoms with Crippen LogP contribution in [0.3, 0.4) is 0 Å². The van der Waals surface area contributed by atoms with Crippen LogP contribution < -0.4 is 0 Å². The zero-order chi connectivity index (χ0) is 17.4. The van der Waals surface area contributed by atoms with Crippen molar-refractivity contribution < 1.29 is 9.53 Å². The number of nitrogens with zero attached hydrogens (tertiary/aromatic N) is 2. The molecular weight excluding hydrogens is 324 g/mol. The fraction of sp³-hybridized carbons (Fsp3) is 0.421. The zero-order valence-electron chi connectivity index (χ0n) is 14.5. The van der Waals surface area contributed by atoms with Crippen LogP contribution in [0.1, 0.15) is 35.6 Å². The third kappa shape index (κ3) is 3.08. The number of ether oxygens (including phenoxy) is 1. The Hall–Kier alpha value is -1.78. The molecule has 2 unspecified atom stereocenters. The topological polar surface area (TPSA) is 34.5 Å². The molecule has 1 aliphatic rings. The number of amides is 1. The Kier molecular flexibility index (Phi) is 4.70. The second kappa shape index (κ2) is 6.61. The van der Waals surface area contributed by atoms with Crippen LogP contribution in [0, 0.1) is 13.8 Å².